The Balaban J connectivity index is 0.00000341. The Bertz CT molecular complexity index is 823. The molecule has 2 aromatic rings. The van der Waals surface area contributed by atoms with Crippen LogP contribution >= 0.6 is 35.6 Å². The average Bonchev–Trinajstić information content (AvgIpc) is 2.79. The molecule has 3 rings (SSSR count). The highest BCUT2D eigenvalue weighted by Crippen LogP contribution is 2.16. The molecule has 1 aromatic heterocycles. The average molecular weight is 557 g/mol. The minimum atomic E-state index is 0. The Labute approximate surface area is 208 Å². The molecule has 2 heterocycles. The van der Waals surface area contributed by atoms with E-state index in [4.69, 9.17) is 16.6 Å². The number of guanidine groups is 1. The molecule has 1 aliphatic rings. The lowest BCUT2D eigenvalue weighted by molar-refractivity contribution is 0.270. The van der Waals surface area contributed by atoms with Crippen LogP contribution in [-0.2, 0) is 13.0 Å². The van der Waals surface area contributed by atoms with Crippen molar-refractivity contribution in [1.82, 2.24) is 20.5 Å². The standard InChI is InChI=1S/C23H33ClN6.HI/c1-3-25-23(27-12-10-20-7-5-6-8-21(20)24)28-18-19-9-11-26-22(17-19)30-15-13-29(4-2)14-16-30;/h5-9,11,17H,3-4,10,12-16,18H2,1-2H3,(H2,25,27,28);1H. The van der Waals surface area contributed by atoms with Crippen LogP contribution in [0.3, 0.4) is 0 Å². The van der Waals surface area contributed by atoms with Gasteiger partial charge >= 0.3 is 0 Å². The zero-order valence-corrected chi connectivity index (χ0v) is 21.6. The van der Waals surface area contributed by atoms with Crippen molar-refractivity contribution in [3.05, 3.63) is 58.7 Å². The van der Waals surface area contributed by atoms with Gasteiger partial charge in [-0.15, -0.1) is 24.0 Å². The summed E-state index contributed by atoms with van der Waals surface area (Å²) in [6.45, 7) is 11.9. The summed E-state index contributed by atoms with van der Waals surface area (Å²) in [4.78, 5) is 14.2. The van der Waals surface area contributed by atoms with E-state index in [1.807, 2.05) is 30.5 Å². The fourth-order valence-electron chi connectivity index (χ4n) is 3.55. The highest BCUT2D eigenvalue weighted by Gasteiger charge is 2.16. The van der Waals surface area contributed by atoms with Crippen LogP contribution < -0.4 is 15.5 Å². The highest BCUT2D eigenvalue weighted by molar-refractivity contribution is 14.0. The normalized spacial score (nSPS) is 14.8. The summed E-state index contributed by atoms with van der Waals surface area (Å²) >= 11 is 6.25. The summed E-state index contributed by atoms with van der Waals surface area (Å²) in [5.41, 5.74) is 2.31. The van der Waals surface area contributed by atoms with Crippen molar-refractivity contribution in [3.63, 3.8) is 0 Å². The molecular formula is C23H34ClIN6. The van der Waals surface area contributed by atoms with Gasteiger partial charge in [0.15, 0.2) is 5.96 Å². The van der Waals surface area contributed by atoms with Crippen LogP contribution in [0.25, 0.3) is 0 Å². The number of aliphatic imine (C=N–C) groups is 1. The van der Waals surface area contributed by atoms with Gasteiger partial charge in [-0.05, 0) is 49.2 Å². The molecule has 0 atom stereocenters. The number of hydrogen-bond donors (Lipinski definition) is 2. The van der Waals surface area contributed by atoms with Gasteiger partial charge in [0.2, 0.25) is 0 Å². The smallest absolute Gasteiger partial charge is 0.191 e. The molecule has 1 fully saturated rings. The van der Waals surface area contributed by atoms with Gasteiger partial charge in [-0.25, -0.2) is 9.98 Å². The molecule has 1 aliphatic heterocycles. The Kier molecular flexibility index (Phi) is 11.4. The van der Waals surface area contributed by atoms with E-state index >= 15 is 0 Å². The molecule has 0 radical (unpaired) electrons. The second-order valence-electron chi connectivity index (χ2n) is 7.41. The van der Waals surface area contributed by atoms with Crippen LogP contribution in [0.5, 0.6) is 0 Å². The van der Waals surface area contributed by atoms with Crippen LogP contribution in [0, 0.1) is 0 Å². The minimum absolute atomic E-state index is 0. The van der Waals surface area contributed by atoms with Gasteiger partial charge in [0.25, 0.3) is 0 Å². The fourth-order valence-corrected chi connectivity index (χ4v) is 3.78. The third kappa shape index (κ3) is 8.12. The number of nitrogens with one attached hydrogen (secondary N) is 2. The van der Waals surface area contributed by atoms with Gasteiger partial charge in [-0.2, -0.15) is 0 Å². The molecule has 6 nitrogen and oxygen atoms in total. The van der Waals surface area contributed by atoms with Gasteiger partial charge in [-0.1, -0.05) is 36.7 Å². The third-order valence-corrected chi connectivity index (χ3v) is 5.73. The SMILES string of the molecule is CCNC(=NCc1ccnc(N2CCN(CC)CC2)c1)NCCc1ccccc1Cl.I. The second kappa shape index (κ2) is 13.8. The summed E-state index contributed by atoms with van der Waals surface area (Å²) < 4.78 is 0. The third-order valence-electron chi connectivity index (χ3n) is 5.36. The quantitative estimate of drug-likeness (QED) is 0.294. The maximum Gasteiger partial charge on any atom is 0.191 e. The number of anilines is 1. The lowest BCUT2D eigenvalue weighted by Crippen LogP contribution is -2.46. The molecule has 0 amide bonds. The van der Waals surface area contributed by atoms with Crippen molar-refractivity contribution in [2.75, 3.05) is 50.7 Å². The molecule has 0 saturated carbocycles. The molecule has 0 spiro atoms. The van der Waals surface area contributed by atoms with Crippen LogP contribution in [0.1, 0.15) is 25.0 Å². The van der Waals surface area contributed by atoms with Crippen molar-refractivity contribution < 1.29 is 0 Å². The minimum Gasteiger partial charge on any atom is -0.357 e. The van der Waals surface area contributed by atoms with E-state index in [2.05, 4.69) is 51.4 Å². The Morgan fingerprint density at radius 2 is 1.87 bits per heavy atom. The second-order valence-corrected chi connectivity index (χ2v) is 7.81. The number of halogens is 2. The number of nitrogens with zero attached hydrogens (tertiary/aromatic N) is 4. The van der Waals surface area contributed by atoms with Crippen LogP contribution in [0.2, 0.25) is 5.02 Å². The van der Waals surface area contributed by atoms with E-state index in [1.165, 1.54) is 5.56 Å². The van der Waals surface area contributed by atoms with E-state index < -0.39 is 0 Å². The fraction of sp³-hybridized carbons (Fsp3) is 0.478. The van der Waals surface area contributed by atoms with Crippen molar-refractivity contribution in [3.8, 4) is 0 Å². The summed E-state index contributed by atoms with van der Waals surface area (Å²) in [7, 11) is 0. The Morgan fingerprint density at radius 1 is 1.10 bits per heavy atom. The van der Waals surface area contributed by atoms with Crippen molar-refractivity contribution in [2.24, 2.45) is 4.99 Å². The van der Waals surface area contributed by atoms with Crippen LogP contribution in [-0.4, -0.2) is 61.7 Å². The molecule has 2 N–H and O–H groups in total. The number of hydrogen-bond acceptors (Lipinski definition) is 4. The van der Waals surface area contributed by atoms with E-state index in [0.29, 0.717) is 6.54 Å². The summed E-state index contributed by atoms with van der Waals surface area (Å²) in [6, 6.07) is 12.2. The summed E-state index contributed by atoms with van der Waals surface area (Å²) in [5.74, 6) is 1.87. The van der Waals surface area contributed by atoms with Crippen molar-refractivity contribution >= 4 is 47.4 Å². The first-order valence-corrected chi connectivity index (χ1v) is 11.2. The number of pyridine rings is 1. The summed E-state index contributed by atoms with van der Waals surface area (Å²) in [6.07, 6.45) is 2.75. The molecule has 0 bridgehead atoms. The van der Waals surface area contributed by atoms with E-state index in [9.17, 15) is 0 Å². The molecular weight excluding hydrogens is 523 g/mol. The molecule has 0 aliphatic carbocycles. The lowest BCUT2D eigenvalue weighted by atomic mass is 10.1. The van der Waals surface area contributed by atoms with Crippen molar-refractivity contribution in [1.29, 1.82) is 0 Å². The van der Waals surface area contributed by atoms with E-state index in [1.54, 1.807) is 0 Å². The number of aromatic nitrogens is 1. The molecule has 1 saturated heterocycles. The maximum atomic E-state index is 6.25. The van der Waals surface area contributed by atoms with Gasteiger partial charge in [-0.3, -0.25) is 0 Å². The number of piperazine rings is 1. The highest BCUT2D eigenvalue weighted by atomic mass is 127. The van der Waals surface area contributed by atoms with Gasteiger partial charge in [0.05, 0.1) is 6.54 Å². The van der Waals surface area contributed by atoms with Gasteiger partial charge in [0.1, 0.15) is 5.82 Å². The Hall–Kier alpha value is -1.58. The first kappa shape index (κ1) is 25.7. The summed E-state index contributed by atoms with van der Waals surface area (Å²) in [5, 5.41) is 7.53. The largest absolute Gasteiger partial charge is 0.357 e. The monoisotopic (exact) mass is 556 g/mol. The van der Waals surface area contributed by atoms with Crippen molar-refractivity contribution in [2.45, 2.75) is 26.8 Å². The predicted octanol–water partition coefficient (Wildman–Crippen LogP) is 3.79. The first-order valence-electron chi connectivity index (χ1n) is 10.9. The molecule has 31 heavy (non-hydrogen) atoms. The predicted molar refractivity (Wildman–Crippen MR) is 142 cm³/mol. The molecule has 170 valence electrons. The van der Waals surface area contributed by atoms with Crippen LogP contribution in [0.15, 0.2) is 47.6 Å². The van der Waals surface area contributed by atoms with E-state index in [-0.39, 0.29) is 24.0 Å². The molecule has 0 unspecified atom stereocenters. The topological polar surface area (TPSA) is 55.8 Å². The van der Waals surface area contributed by atoms with Gasteiger partial charge < -0.3 is 20.4 Å². The number of rotatable bonds is 8. The molecule has 8 heteroatoms. The Morgan fingerprint density at radius 3 is 2.58 bits per heavy atom. The van der Waals surface area contributed by atoms with E-state index in [0.717, 1.165) is 74.6 Å². The molecule has 1 aromatic carbocycles. The maximum absolute atomic E-state index is 6.25. The van der Waals surface area contributed by atoms with Crippen LogP contribution in [0.4, 0.5) is 5.82 Å². The zero-order chi connectivity index (χ0) is 21.2. The number of likely N-dealkylation sites (N-methyl/N-ethyl adjacent to an activating group) is 1. The number of benzene rings is 1. The lowest BCUT2D eigenvalue weighted by Gasteiger charge is -2.34. The first-order chi connectivity index (χ1) is 14.7. The van der Waals surface area contributed by atoms with Gasteiger partial charge in [0, 0.05) is 50.5 Å². The zero-order valence-electron chi connectivity index (χ0n) is 18.5.